The second-order valence-electron chi connectivity index (χ2n) is 12.8. The normalized spacial score (nSPS) is 22.4. The van der Waals surface area contributed by atoms with Crippen molar-refractivity contribution in [1.82, 2.24) is 0 Å². The molecule has 234 valence electrons. The third-order valence-electron chi connectivity index (χ3n) is 8.98. The highest BCUT2D eigenvalue weighted by atomic mass is 16.5. The summed E-state index contributed by atoms with van der Waals surface area (Å²) in [5.41, 5.74) is 0.882. The van der Waals surface area contributed by atoms with E-state index in [1.54, 1.807) is 0 Å². The maximum absolute atomic E-state index is 11.6. The van der Waals surface area contributed by atoms with Crippen molar-refractivity contribution >= 4 is 5.97 Å². The van der Waals surface area contributed by atoms with Crippen molar-refractivity contribution < 1.29 is 24.5 Å². The molecule has 0 bridgehead atoms. The van der Waals surface area contributed by atoms with Gasteiger partial charge in [0.05, 0.1) is 24.4 Å². The minimum atomic E-state index is -0.376. The molecular formula is C35H64O5. The van der Waals surface area contributed by atoms with Crippen LogP contribution in [0.15, 0.2) is 11.6 Å². The highest BCUT2D eigenvalue weighted by molar-refractivity contribution is 5.90. The number of rotatable bonds is 26. The van der Waals surface area contributed by atoms with E-state index in [0.717, 1.165) is 56.9 Å². The molecule has 2 aliphatic heterocycles. The van der Waals surface area contributed by atoms with Crippen LogP contribution in [0.2, 0.25) is 0 Å². The van der Waals surface area contributed by atoms with Crippen molar-refractivity contribution in [2.75, 3.05) is 0 Å². The van der Waals surface area contributed by atoms with Gasteiger partial charge in [0.15, 0.2) is 0 Å². The van der Waals surface area contributed by atoms with Gasteiger partial charge in [0.25, 0.3) is 0 Å². The fraction of sp³-hybridized carbons (Fsp3) is 0.914. The van der Waals surface area contributed by atoms with E-state index in [2.05, 4.69) is 6.92 Å². The van der Waals surface area contributed by atoms with E-state index in [-0.39, 0.29) is 36.5 Å². The van der Waals surface area contributed by atoms with E-state index in [1.165, 1.54) is 109 Å². The summed E-state index contributed by atoms with van der Waals surface area (Å²) in [7, 11) is 0. The van der Waals surface area contributed by atoms with Gasteiger partial charge in [0.1, 0.15) is 6.10 Å². The number of carbonyl (C=O) groups excluding carboxylic acids is 1. The molecule has 1 saturated heterocycles. The van der Waals surface area contributed by atoms with Crippen LogP contribution in [0, 0.1) is 0 Å². The Bertz CT molecular complexity index is 662. The highest BCUT2D eigenvalue weighted by Crippen LogP contribution is 2.28. The first kappa shape index (κ1) is 35.3. The molecule has 5 unspecified atom stereocenters. The molecule has 2 aliphatic rings. The van der Waals surface area contributed by atoms with E-state index >= 15 is 0 Å². The minimum Gasteiger partial charge on any atom is -0.455 e. The van der Waals surface area contributed by atoms with Crippen molar-refractivity contribution in [3.8, 4) is 0 Å². The summed E-state index contributed by atoms with van der Waals surface area (Å²) in [4.78, 5) is 11.6. The van der Waals surface area contributed by atoms with Gasteiger partial charge in [-0.25, -0.2) is 4.79 Å². The number of hydrogen-bond donors (Lipinski definition) is 2. The van der Waals surface area contributed by atoms with Gasteiger partial charge in [-0.05, 0) is 51.5 Å². The average Bonchev–Trinajstić information content (AvgIpc) is 3.56. The molecule has 40 heavy (non-hydrogen) atoms. The monoisotopic (exact) mass is 564 g/mol. The van der Waals surface area contributed by atoms with Gasteiger partial charge in [-0.2, -0.15) is 0 Å². The van der Waals surface area contributed by atoms with Gasteiger partial charge >= 0.3 is 5.97 Å². The molecule has 2 rings (SSSR count). The summed E-state index contributed by atoms with van der Waals surface area (Å²) >= 11 is 0. The van der Waals surface area contributed by atoms with E-state index in [1.807, 2.05) is 13.0 Å². The number of aliphatic hydroxyl groups excluding tert-OH is 2. The number of ether oxygens (including phenoxy) is 2. The average molecular weight is 565 g/mol. The molecule has 0 aliphatic carbocycles. The number of carbonyl (C=O) groups is 1. The predicted molar refractivity (Wildman–Crippen MR) is 165 cm³/mol. The Morgan fingerprint density at radius 3 is 1.48 bits per heavy atom. The molecule has 1 fully saturated rings. The fourth-order valence-electron chi connectivity index (χ4n) is 6.37. The molecule has 2 heterocycles. The van der Waals surface area contributed by atoms with Crippen molar-refractivity contribution in [3.63, 3.8) is 0 Å². The Balaban J connectivity index is 1.31. The molecule has 5 nitrogen and oxygen atoms in total. The van der Waals surface area contributed by atoms with Gasteiger partial charge in [-0.1, -0.05) is 129 Å². The Morgan fingerprint density at radius 2 is 1.07 bits per heavy atom. The van der Waals surface area contributed by atoms with Crippen LogP contribution in [0.4, 0.5) is 0 Å². The molecule has 0 spiro atoms. The van der Waals surface area contributed by atoms with E-state index < -0.39 is 0 Å². The lowest BCUT2D eigenvalue weighted by molar-refractivity contribution is -0.139. The van der Waals surface area contributed by atoms with Gasteiger partial charge in [0.2, 0.25) is 0 Å². The fourth-order valence-corrected chi connectivity index (χ4v) is 6.37. The summed E-state index contributed by atoms with van der Waals surface area (Å²) < 4.78 is 11.2. The molecule has 5 heteroatoms. The number of aliphatic hydroxyl groups is 2. The molecule has 0 amide bonds. The van der Waals surface area contributed by atoms with Gasteiger partial charge < -0.3 is 19.7 Å². The smallest absolute Gasteiger partial charge is 0.334 e. The number of unbranched alkanes of at least 4 members (excludes halogenated alkanes) is 18. The summed E-state index contributed by atoms with van der Waals surface area (Å²) in [6, 6.07) is 0. The Labute approximate surface area is 246 Å². The molecule has 2 N–H and O–H groups in total. The predicted octanol–water partition coefficient (Wildman–Crippen LogP) is 9.12. The van der Waals surface area contributed by atoms with Gasteiger partial charge in [0, 0.05) is 5.57 Å². The van der Waals surface area contributed by atoms with Crippen molar-refractivity contribution in [3.05, 3.63) is 11.6 Å². The van der Waals surface area contributed by atoms with Crippen LogP contribution >= 0.6 is 0 Å². The second kappa shape index (κ2) is 22.7. The van der Waals surface area contributed by atoms with Crippen LogP contribution in [0.3, 0.4) is 0 Å². The first-order chi connectivity index (χ1) is 19.5. The third-order valence-corrected chi connectivity index (χ3v) is 8.98. The molecule has 0 aromatic heterocycles. The third kappa shape index (κ3) is 15.9. The van der Waals surface area contributed by atoms with E-state index in [4.69, 9.17) is 9.47 Å². The molecule has 0 saturated carbocycles. The van der Waals surface area contributed by atoms with Crippen LogP contribution in [0.25, 0.3) is 0 Å². The second-order valence-corrected chi connectivity index (χ2v) is 12.8. The summed E-state index contributed by atoms with van der Waals surface area (Å²) in [6.45, 7) is 4.16. The van der Waals surface area contributed by atoms with Gasteiger partial charge in [-0.15, -0.1) is 0 Å². The molecule has 0 aromatic rings. The standard InChI is InChI=1S/C35H64O5/c1-3-4-5-6-18-21-24-31(36)33-26-27-34(40-33)32(37)25-22-19-16-14-12-10-8-7-9-11-13-15-17-20-23-30-28-29(2)39-35(30)38/h28-29,31-34,36-37H,3-27H2,1-2H3. The van der Waals surface area contributed by atoms with Crippen molar-refractivity contribution in [2.24, 2.45) is 0 Å². The zero-order valence-corrected chi connectivity index (χ0v) is 26.3. The van der Waals surface area contributed by atoms with Gasteiger partial charge in [-0.3, -0.25) is 0 Å². The maximum atomic E-state index is 11.6. The van der Waals surface area contributed by atoms with Crippen molar-refractivity contribution in [2.45, 2.75) is 205 Å². The summed E-state index contributed by atoms with van der Waals surface area (Å²) in [5, 5.41) is 21.1. The SMILES string of the molecule is CCCCCCCCC(O)C1CCC(C(O)CCCCCCCCCCCCCCCCC2=CC(C)OC2=O)O1. The quantitative estimate of drug-likeness (QED) is 0.0809. The van der Waals surface area contributed by atoms with Crippen LogP contribution in [-0.2, 0) is 14.3 Å². The van der Waals surface area contributed by atoms with Crippen molar-refractivity contribution in [1.29, 1.82) is 0 Å². The molecular weight excluding hydrogens is 500 g/mol. The minimum absolute atomic E-state index is 0.0340. The zero-order valence-electron chi connectivity index (χ0n) is 26.3. The van der Waals surface area contributed by atoms with Crippen LogP contribution in [0.5, 0.6) is 0 Å². The summed E-state index contributed by atoms with van der Waals surface area (Å²) in [6.07, 6.45) is 30.7. The number of cyclic esters (lactones) is 1. The van der Waals surface area contributed by atoms with E-state index in [0.29, 0.717) is 0 Å². The van der Waals surface area contributed by atoms with Crippen LogP contribution in [0.1, 0.15) is 174 Å². The van der Waals surface area contributed by atoms with Crippen LogP contribution < -0.4 is 0 Å². The topological polar surface area (TPSA) is 76.0 Å². The van der Waals surface area contributed by atoms with Crippen LogP contribution in [-0.4, -0.2) is 46.7 Å². The zero-order chi connectivity index (χ0) is 28.8. The Morgan fingerprint density at radius 1 is 0.675 bits per heavy atom. The highest BCUT2D eigenvalue weighted by Gasteiger charge is 2.34. The lowest BCUT2D eigenvalue weighted by Crippen LogP contribution is -2.31. The summed E-state index contributed by atoms with van der Waals surface area (Å²) in [5.74, 6) is -0.106. The molecule has 0 radical (unpaired) electrons. The first-order valence-corrected chi connectivity index (χ1v) is 17.4. The molecule has 5 atom stereocenters. The Hall–Kier alpha value is -0.910. The first-order valence-electron chi connectivity index (χ1n) is 17.4. The largest absolute Gasteiger partial charge is 0.455 e. The number of esters is 1. The maximum Gasteiger partial charge on any atom is 0.334 e. The Kier molecular flexibility index (Phi) is 20.0. The lowest BCUT2D eigenvalue weighted by Gasteiger charge is -2.22. The number of hydrogen-bond acceptors (Lipinski definition) is 5. The van der Waals surface area contributed by atoms with E-state index in [9.17, 15) is 15.0 Å². The lowest BCUT2D eigenvalue weighted by atomic mass is 10.00. The molecule has 0 aromatic carbocycles.